The molecule has 0 fully saturated rings. The van der Waals surface area contributed by atoms with Crippen molar-refractivity contribution < 1.29 is 4.79 Å². The van der Waals surface area contributed by atoms with Crippen molar-refractivity contribution in [2.75, 3.05) is 25.6 Å². The molecule has 4 nitrogen and oxygen atoms in total. The normalized spacial score (nSPS) is 10.2. The first-order valence-electron chi connectivity index (χ1n) is 3.88. The van der Waals surface area contributed by atoms with Crippen LogP contribution in [0.3, 0.4) is 0 Å². The van der Waals surface area contributed by atoms with Gasteiger partial charge in [-0.05, 0) is 17.9 Å². The van der Waals surface area contributed by atoms with Crippen LogP contribution in [0.5, 0.6) is 0 Å². The summed E-state index contributed by atoms with van der Waals surface area (Å²) in [6, 6.07) is 0. The van der Waals surface area contributed by atoms with Crippen LogP contribution >= 0.6 is 34.7 Å². The van der Waals surface area contributed by atoms with Crippen molar-refractivity contribution in [3.05, 3.63) is 9.47 Å². The van der Waals surface area contributed by atoms with Gasteiger partial charge in [-0.15, -0.1) is 10.2 Å². The third-order valence-corrected chi connectivity index (χ3v) is 3.16. The molecule has 1 rings (SSSR count). The summed E-state index contributed by atoms with van der Waals surface area (Å²) in [6.45, 7) is 0.706. The largest absolute Gasteiger partial charge is 0.339 e. The van der Waals surface area contributed by atoms with Crippen LogP contribution in [0.4, 0.5) is 0 Å². The number of aromatic nitrogens is 2. The van der Waals surface area contributed by atoms with E-state index in [1.165, 1.54) is 0 Å². The quantitative estimate of drug-likeness (QED) is 0.816. The highest BCUT2D eigenvalue weighted by Gasteiger charge is 2.15. The first kappa shape index (κ1) is 11.7. The van der Waals surface area contributed by atoms with Gasteiger partial charge in [-0.1, -0.05) is 11.3 Å². The van der Waals surface area contributed by atoms with Gasteiger partial charge in [-0.25, -0.2) is 0 Å². The number of halogens is 1. The van der Waals surface area contributed by atoms with E-state index in [0.717, 1.165) is 17.1 Å². The van der Waals surface area contributed by atoms with E-state index in [4.69, 9.17) is 11.6 Å². The molecule has 0 saturated carbocycles. The highest BCUT2D eigenvalue weighted by atomic mass is 35.5. The van der Waals surface area contributed by atoms with Crippen molar-refractivity contribution >= 4 is 40.6 Å². The molecular formula is C7H10ClN3OS2. The Hall–Kier alpha value is -0.330. The molecule has 0 aromatic carbocycles. The molecule has 0 radical (unpaired) electrons. The molecule has 1 heterocycles. The minimum absolute atomic E-state index is 0.122. The van der Waals surface area contributed by atoms with Gasteiger partial charge < -0.3 is 4.90 Å². The Morgan fingerprint density at radius 3 is 2.86 bits per heavy atom. The van der Waals surface area contributed by atoms with Crippen LogP contribution in [-0.2, 0) is 0 Å². The van der Waals surface area contributed by atoms with Crippen molar-refractivity contribution in [3.8, 4) is 0 Å². The SMILES string of the molecule is CSCCN(C)C(=O)c1nnc(Cl)s1. The lowest BCUT2D eigenvalue weighted by Gasteiger charge is -2.13. The molecule has 14 heavy (non-hydrogen) atoms. The van der Waals surface area contributed by atoms with Crippen LogP contribution < -0.4 is 0 Å². The third kappa shape index (κ3) is 3.11. The molecule has 1 aromatic rings. The average Bonchev–Trinajstić information content (AvgIpc) is 2.60. The topological polar surface area (TPSA) is 46.1 Å². The number of carbonyl (C=O) groups excluding carboxylic acids is 1. The molecule has 1 aromatic heterocycles. The molecule has 0 N–H and O–H groups in total. The van der Waals surface area contributed by atoms with Crippen LogP contribution in [-0.4, -0.2) is 46.6 Å². The predicted molar refractivity (Wildman–Crippen MR) is 60.3 cm³/mol. The number of hydrogen-bond donors (Lipinski definition) is 0. The molecule has 0 aliphatic carbocycles. The van der Waals surface area contributed by atoms with E-state index >= 15 is 0 Å². The second-order valence-corrected chi connectivity index (χ2v) is 5.12. The summed E-state index contributed by atoms with van der Waals surface area (Å²) in [5.74, 6) is 0.790. The van der Waals surface area contributed by atoms with E-state index in [1.807, 2.05) is 6.26 Å². The molecule has 0 saturated heterocycles. The highest BCUT2D eigenvalue weighted by Crippen LogP contribution is 2.16. The molecule has 7 heteroatoms. The van der Waals surface area contributed by atoms with E-state index in [2.05, 4.69) is 10.2 Å². The van der Waals surface area contributed by atoms with E-state index < -0.39 is 0 Å². The number of hydrogen-bond acceptors (Lipinski definition) is 5. The number of carbonyl (C=O) groups is 1. The minimum Gasteiger partial charge on any atom is -0.339 e. The summed E-state index contributed by atoms with van der Waals surface area (Å²) in [6.07, 6.45) is 2.00. The number of rotatable bonds is 4. The zero-order chi connectivity index (χ0) is 10.6. The summed E-state index contributed by atoms with van der Waals surface area (Å²) in [7, 11) is 1.74. The number of amides is 1. The Labute approximate surface area is 95.7 Å². The predicted octanol–water partition coefficient (Wildman–Crippen LogP) is 1.63. The fourth-order valence-corrected chi connectivity index (χ4v) is 2.06. The maximum Gasteiger partial charge on any atom is 0.284 e. The van der Waals surface area contributed by atoms with Gasteiger partial charge in [-0.2, -0.15) is 11.8 Å². The second kappa shape index (κ2) is 5.53. The van der Waals surface area contributed by atoms with Gasteiger partial charge in [0.05, 0.1) is 0 Å². The van der Waals surface area contributed by atoms with Crippen LogP contribution in [0.2, 0.25) is 4.47 Å². The molecule has 0 aliphatic rings. The smallest absolute Gasteiger partial charge is 0.284 e. The monoisotopic (exact) mass is 251 g/mol. The Morgan fingerprint density at radius 1 is 1.64 bits per heavy atom. The zero-order valence-electron chi connectivity index (χ0n) is 7.86. The summed E-state index contributed by atoms with van der Waals surface area (Å²) in [5, 5.41) is 7.61. The lowest BCUT2D eigenvalue weighted by molar-refractivity contribution is 0.0802. The summed E-state index contributed by atoms with van der Waals surface area (Å²) >= 11 is 8.38. The molecule has 0 bridgehead atoms. The van der Waals surface area contributed by atoms with Crippen molar-refractivity contribution in [3.63, 3.8) is 0 Å². The van der Waals surface area contributed by atoms with Gasteiger partial charge in [0.15, 0.2) is 0 Å². The van der Waals surface area contributed by atoms with E-state index in [0.29, 0.717) is 16.0 Å². The molecular weight excluding hydrogens is 242 g/mol. The molecule has 0 spiro atoms. The first-order valence-corrected chi connectivity index (χ1v) is 6.47. The van der Waals surface area contributed by atoms with Crippen molar-refractivity contribution in [1.29, 1.82) is 0 Å². The second-order valence-electron chi connectivity index (χ2n) is 2.58. The zero-order valence-corrected chi connectivity index (χ0v) is 10.2. The fourth-order valence-electron chi connectivity index (χ4n) is 0.785. The van der Waals surface area contributed by atoms with Gasteiger partial charge >= 0.3 is 0 Å². The molecule has 0 atom stereocenters. The van der Waals surface area contributed by atoms with E-state index in [1.54, 1.807) is 23.7 Å². The number of nitrogens with zero attached hydrogens (tertiary/aromatic N) is 3. The Bertz CT molecular complexity index is 318. The van der Waals surface area contributed by atoms with Crippen LogP contribution in [0.15, 0.2) is 0 Å². The maximum absolute atomic E-state index is 11.6. The minimum atomic E-state index is -0.122. The van der Waals surface area contributed by atoms with E-state index in [-0.39, 0.29) is 5.91 Å². The fraction of sp³-hybridized carbons (Fsp3) is 0.571. The molecule has 78 valence electrons. The van der Waals surface area contributed by atoms with Gasteiger partial charge in [0.2, 0.25) is 9.47 Å². The van der Waals surface area contributed by atoms with Crippen LogP contribution in [0, 0.1) is 0 Å². The third-order valence-electron chi connectivity index (χ3n) is 1.56. The van der Waals surface area contributed by atoms with Crippen LogP contribution in [0.25, 0.3) is 0 Å². The van der Waals surface area contributed by atoms with Gasteiger partial charge in [0.25, 0.3) is 5.91 Å². The Kier molecular flexibility index (Phi) is 4.64. The van der Waals surface area contributed by atoms with Gasteiger partial charge in [-0.3, -0.25) is 4.79 Å². The number of thioether (sulfide) groups is 1. The highest BCUT2D eigenvalue weighted by molar-refractivity contribution is 7.98. The van der Waals surface area contributed by atoms with Crippen molar-refractivity contribution in [2.45, 2.75) is 0 Å². The Morgan fingerprint density at radius 2 is 2.36 bits per heavy atom. The van der Waals surface area contributed by atoms with E-state index in [9.17, 15) is 4.79 Å². The summed E-state index contributed by atoms with van der Waals surface area (Å²) in [5.41, 5.74) is 0. The summed E-state index contributed by atoms with van der Waals surface area (Å²) in [4.78, 5) is 13.2. The standard InChI is InChI=1S/C7H10ClN3OS2/c1-11(3-4-13-2)6(12)5-9-10-7(8)14-5/h3-4H2,1-2H3. The first-order chi connectivity index (χ1) is 6.65. The Balaban J connectivity index is 2.56. The van der Waals surface area contributed by atoms with Crippen molar-refractivity contribution in [2.24, 2.45) is 0 Å². The van der Waals surface area contributed by atoms with Crippen molar-refractivity contribution in [1.82, 2.24) is 15.1 Å². The lowest BCUT2D eigenvalue weighted by Crippen LogP contribution is -2.28. The van der Waals surface area contributed by atoms with Gasteiger partial charge in [0, 0.05) is 19.3 Å². The summed E-state index contributed by atoms with van der Waals surface area (Å²) < 4.78 is 0.298. The molecule has 0 aliphatic heterocycles. The average molecular weight is 252 g/mol. The van der Waals surface area contributed by atoms with Gasteiger partial charge in [0.1, 0.15) is 0 Å². The lowest BCUT2D eigenvalue weighted by atomic mass is 10.5. The van der Waals surface area contributed by atoms with Crippen LogP contribution in [0.1, 0.15) is 9.80 Å². The maximum atomic E-state index is 11.6. The molecule has 1 amide bonds. The molecule has 0 unspecified atom stereocenters.